The summed E-state index contributed by atoms with van der Waals surface area (Å²) in [5.74, 6) is -0.247. The summed E-state index contributed by atoms with van der Waals surface area (Å²) in [5, 5.41) is 9.09. The van der Waals surface area contributed by atoms with Crippen LogP contribution in [-0.2, 0) is 28.2 Å². The predicted octanol–water partition coefficient (Wildman–Crippen LogP) is 3.90. The van der Waals surface area contributed by atoms with E-state index in [-0.39, 0.29) is 16.9 Å². The van der Waals surface area contributed by atoms with Crippen LogP contribution >= 0.6 is 11.8 Å². The van der Waals surface area contributed by atoms with Crippen LogP contribution in [0, 0.1) is 0 Å². The molecule has 182 valence electrons. The third-order valence-corrected chi connectivity index (χ3v) is 7.65. The molecule has 1 aliphatic rings. The molecule has 10 heteroatoms. The summed E-state index contributed by atoms with van der Waals surface area (Å²) < 4.78 is 22.0. The van der Waals surface area contributed by atoms with Crippen molar-refractivity contribution in [1.82, 2.24) is 9.99 Å². The van der Waals surface area contributed by atoms with Crippen LogP contribution in [0.3, 0.4) is 0 Å². The van der Waals surface area contributed by atoms with E-state index in [1.807, 2.05) is 36.4 Å². The van der Waals surface area contributed by atoms with Crippen LogP contribution in [0.2, 0.25) is 0 Å². The van der Waals surface area contributed by atoms with Crippen molar-refractivity contribution < 1.29 is 18.4 Å². The molecule has 3 aromatic rings. The Balaban J connectivity index is 1.51. The summed E-state index contributed by atoms with van der Waals surface area (Å²) in [6.45, 7) is 2.48. The number of benzene rings is 2. The Kier molecular flexibility index (Phi) is 8.17. The molecule has 4 rings (SSSR count). The molecule has 2 aromatic carbocycles. The molecule has 1 aromatic heterocycles. The van der Waals surface area contributed by atoms with E-state index in [1.165, 1.54) is 0 Å². The number of anilines is 1. The average molecular weight is 510 g/mol. The summed E-state index contributed by atoms with van der Waals surface area (Å²) in [7, 11) is 0. The van der Waals surface area contributed by atoms with Gasteiger partial charge in [0.2, 0.25) is 0 Å². The van der Waals surface area contributed by atoms with Gasteiger partial charge in [-0.1, -0.05) is 54.4 Å². The third-order valence-electron chi connectivity index (χ3n) is 5.56. The predicted molar refractivity (Wildman–Crippen MR) is 138 cm³/mol. The number of aldehydes is 1. The SMILES string of the molecule is CCC1SC(C=O)N(Cc2ccc(NC(=O)c3ccc[nH]3)cc2)N=C1c1ccc(CS(=O)[O-])cc1. The Hall–Kier alpha value is -3.21. The molecule has 0 fully saturated rings. The van der Waals surface area contributed by atoms with E-state index < -0.39 is 16.5 Å². The smallest absolute Gasteiger partial charge is 0.272 e. The second-order valence-electron chi connectivity index (χ2n) is 8.02. The fourth-order valence-electron chi connectivity index (χ4n) is 3.78. The molecule has 8 nitrogen and oxygen atoms in total. The van der Waals surface area contributed by atoms with E-state index in [2.05, 4.69) is 17.2 Å². The molecule has 2 N–H and O–H groups in total. The van der Waals surface area contributed by atoms with Gasteiger partial charge >= 0.3 is 0 Å². The van der Waals surface area contributed by atoms with Crippen molar-refractivity contribution in [2.75, 3.05) is 5.32 Å². The van der Waals surface area contributed by atoms with Gasteiger partial charge in [0.05, 0.1) is 17.5 Å². The molecule has 0 saturated heterocycles. The number of nitrogens with zero attached hydrogens (tertiary/aromatic N) is 2. The van der Waals surface area contributed by atoms with Gasteiger partial charge in [-0.05, 0) is 47.4 Å². The van der Waals surface area contributed by atoms with E-state index in [0.29, 0.717) is 23.5 Å². The first-order valence-electron chi connectivity index (χ1n) is 11.1. The number of H-pyrrole nitrogens is 1. The molecule has 3 atom stereocenters. The zero-order valence-corrected chi connectivity index (χ0v) is 20.7. The van der Waals surface area contributed by atoms with Gasteiger partial charge in [0.25, 0.3) is 5.91 Å². The lowest BCUT2D eigenvalue weighted by molar-refractivity contribution is -0.110. The Morgan fingerprint density at radius 1 is 1.17 bits per heavy atom. The molecule has 0 spiro atoms. The summed E-state index contributed by atoms with van der Waals surface area (Å²) in [6, 6.07) is 18.3. The van der Waals surface area contributed by atoms with Crippen molar-refractivity contribution >= 4 is 46.4 Å². The lowest BCUT2D eigenvalue weighted by atomic mass is 10.0. The Bertz CT molecular complexity index is 1210. The number of rotatable bonds is 9. The molecule has 0 bridgehead atoms. The number of hydrogen-bond acceptors (Lipinski definition) is 7. The van der Waals surface area contributed by atoms with Crippen molar-refractivity contribution in [3.63, 3.8) is 0 Å². The minimum absolute atomic E-state index is 0.0283. The first-order chi connectivity index (χ1) is 17.0. The van der Waals surface area contributed by atoms with Gasteiger partial charge in [-0.3, -0.25) is 14.0 Å². The topological polar surface area (TPSA) is 118 Å². The number of carbonyl (C=O) groups is 2. The van der Waals surface area contributed by atoms with E-state index in [1.54, 1.807) is 47.2 Å². The highest BCUT2D eigenvalue weighted by atomic mass is 32.2. The van der Waals surface area contributed by atoms with E-state index >= 15 is 0 Å². The number of nitrogens with one attached hydrogen (secondary N) is 2. The van der Waals surface area contributed by atoms with Crippen LogP contribution in [0.4, 0.5) is 5.69 Å². The van der Waals surface area contributed by atoms with Crippen molar-refractivity contribution in [3.05, 3.63) is 89.2 Å². The largest absolute Gasteiger partial charge is 0.772 e. The van der Waals surface area contributed by atoms with Gasteiger partial charge in [-0.2, -0.15) is 5.10 Å². The lowest BCUT2D eigenvalue weighted by Gasteiger charge is -2.34. The van der Waals surface area contributed by atoms with Crippen LogP contribution in [0.25, 0.3) is 0 Å². The number of thioether (sulfide) groups is 1. The van der Waals surface area contributed by atoms with Crippen molar-refractivity contribution in [2.24, 2.45) is 5.10 Å². The third kappa shape index (κ3) is 6.27. The van der Waals surface area contributed by atoms with Crippen molar-refractivity contribution in [1.29, 1.82) is 0 Å². The number of hydrazone groups is 1. The number of hydrogen-bond donors (Lipinski definition) is 2. The Morgan fingerprint density at radius 3 is 2.49 bits per heavy atom. The molecule has 0 aliphatic carbocycles. The van der Waals surface area contributed by atoms with Crippen molar-refractivity contribution in [2.45, 2.75) is 36.3 Å². The second kappa shape index (κ2) is 11.5. The molecule has 0 radical (unpaired) electrons. The highest BCUT2D eigenvalue weighted by Gasteiger charge is 2.31. The minimum Gasteiger partial charge on any atom is -0.772 e. The van der Waals surface area contributed by atoms with Gasteiger partial charge in [0, 0.05) is 17.6 Å². The molecule has 1 aliphatic heterocycles. The number of amides is 1. The summed E-state index contributed by atoms with van der Waals surface area (Å²) in [5.41, 5.74) is 4.58. The number of carbonyl (C=O) groups excluding carboxylic acids is 2. The van der Waals surface area contributed by atoms with E-state index in [4.69, 9.17) is 5.10 Å². The highest BCUT2D eigenvalue weighted by Crippen LogP contribution is 2.32. The zero-order chi connectivity index (χ0) is 24.8. The van der Waals surface area contributed by atoms with Crippen LogP contribution in [0.5, 0.6) is 0 Å². The Morgan fingerprint density at radius 2 is 1.89 bits per heavy atom. The monoisotopic (exact) mass is 509 g/mol. The van der Waals surface area contributed by atoms with E-state index in [0.717, 1.165) is 29.5 Å². The summed E-state index contributed by atoms with van der Waals surface area (Å²) >= 11 is -0.586. The quantitative estimate of drug-likeness (QED) is 0.334. The van der Waals surface area contributed by atoms with Crippen LogP contribution in [-0.4, -0.2) is 47.3 Å². The van der Waals surface area contributed by atoms with Gasteiger partial charge in [-0.25, -0.2) is 0 Å². The minimum atomic E-state index is -2.14. The van der Waals surface area contributed by atoms with Gasteiger partial charge < -0.3 is 19.6 Å². The zero-order valence-electron chi connectivity index (χ0n) is 19.0. The first-order valence-corrected chi connectivity index (χ1v) is 13.3. The maximum absolute atomic E-state index is 12.2. The van der Waals surface area contributed by atoms with Gasteiger partial charge in [0.15, 0.2) is 6.29 Å². The first kappa shape index (κ1) is 24.9. The fourth-order valence-corrected chi connectivity index (χ4v) is 5.41. The van der Waals surface area contributed by atoms with Crippen molar-refractivity contribution in [3.8, 4) is 0 Å². The van der Waals surface area contributed by atoms with E-state index in [9.17, 15) is 18.4 Å². The number of aromatic amines is 1. The standard InChI is InChI=1S/C25H26N4O4S2/c1-2-22-24(19-9-5-18(6-10-19)16-35(32)33)28-29(23(15-30)34-22)14-17-7-11-20(12-8-17)27-25(31)21-4-3-13-26-21/h3-13,15,22-23,26H,2,14,16H2,1H3,(H,27,31)(H,32,33)/p-1. The molecule has 1 amide bonds. The second-order valence-corrected chi connectivity index (χ2v) is 10.2. The summed E-state index contributed by atoms with van der Waals surface area (Å²) in [4.78, 5) is 27.0. The lowest BCUT2D eigenvalue weighted by Crippen LogP contribution is -2.39. The van der Waals surface area contributed by atoms with Crippen LogP contribution in [0.1, 0.15) is 40.5 Å². The molecule has 35 heavy (non-hydrogen) atoms. The molecule has 0 saturated carbocycles. The Labute approximate surface area is 210 Å². The maximum Gasteiger partial charge on any atom is 0.272 e. The highest BCUT2D eigenvalue weighted by molar-refractivity contribution is 8.01. The van der Waals surface area contributed by atoms with Gasteiger partial charge in [0.1, 0.15) is 11.1 Å². The maximum atomic E-state index is 12.2. The average Bonchev–Trinajstić information content (AvgIpc) is 3.40. The summed E-state index contributed by atoms with van der Waals surface area (Å²) in [6.07, 6.45) is 3.41. The molecular formula is C25H25N4O4S2-. The fraction of sp³-hybridized carbons (Fsp3) is 0.240. The van der Waals surface area contributed by atoms with Crippen LogP contribution in [0.15, 0.2) is 72.0 Å². The molecular weight excluding hydrogens is 484 g/mol. The number of aromatic nitrogens is 1. The molecule has 3 unspecified atom stereocenters. The normalized spacial score (nSPS) is 18.6. The molecule has 2 heterocycles. The van der Waals surface area contributed by atoms with Crippen LogP contribution < -0.4 is 5.32 Å². The van der Waals surface area contributed by atoms with Gasteiger partial charge in [-0.15, -0.1) is 11.8 Å².